The Morgan fingerprint density at radius 3 is 2.37 bits per heavy atom. The topological polar surface area (TPSA) is 68.5 Å². The fourth-order valence-corrected chi connectivity index (χ4v) is 3.83. The Morgan fingerprint density at radius 1 is 1.00 bits per heavy atom. The van der Waals surface area contributed by atoms with E-state index < -0.39 is 0 Å². The van der Waals surface area contributed by atoms with Crippen LogP contribution in [0.25, 0.3) is 39.5 Å². The molecule has 1 aromatic heterocycles. The molecule has 0 amide bonds. The van der Waals surface area contributed by atoms with E-state index in [-0.39, 0.29) is 5.56 Å². The van der Waals surface area contributed by atoms with Gasteiger partial charge >= 0.3 is 0 Å². The molecule has 3 aromatic rings. The summed E-state index contributed by atoms with van der Waals surface area (Å²) < 4.78 is 3.40. The van der Waals surface area contributed by atoms with Gasteiger partial charge in [-0.05, 0) is 36.8 Å². The molecule has 2 aliphatic heterocycles. The molecule has 30 heavy (non-hydrogen) atoms. The van der Waals surface area contributed by atoms with Gasteiger partial charge in [0.15, 0.2) is 0 Å². The highest BCUT2D eigenvalue weighted by Gasteiger charge is 2.22. The Kier molecular flexibility index (Phi) is 4.29. The number of aryl methyl sites for hydroxylation is 2. The molecule has 148 valence electrons. The number of imidazole rings is 1. The average molecular weight is 416 g/mol. The molecule has 1 N–H and O–H groups in total. The molecule has 6 nitrogen and oxygen atoms in total. The lowest BCUT2D eigenvalue weighted by Crippen LogP contribution is -2.14. The molecular formula is C23H18ClN5O. The number of benzene rings is 2. The van der Waals surface area contributed by atoms with E-state index in [1.165, 1.54) is 4.68 Å². The molecule has 0 spiro atoms. The third-order valence-corrected chi connectivity index (χ3v) is 5.50. The van der Waals surface area contributed by atoms with Gasteiger partial charge in [0.1, 0.15) is 11.5 Å². The fraction of sp³-hybridized carbons (Fsp3) is 0.0870. The van der Waals surface area contributed by atoms with Crippen molar-refractivity contribution >= 4 is 11.6 Å². The number of halogens is 1. The number of pyridine rings is 1. The zero-order valence-corrected chi connectivity index (χ0v) is 17.2. The van der Waals surface area contributed by atoms with E-state index in [1.807, 2.05) is 49.0 Å². The number of H-pyrrole nitrogens is 1. The molecule has 0 radical (unpaired) electrons. The normalized spacial score (nSPS) is 11.3. The Labute approximate surface area is 177 Å². The van der Waals surface area contributed by atoms with Crippen LogP contribution in [0.2, 0.25) is 5.02 Å². The molecule has 0 bridgehead atoms. The van der Waals surface area contributed by atoms with Crippen molar-refractivity contribution < 1.29 is 0 Å². The Bertz CT molecular complexity index is 1380. The third-order valence-electron chi connectivity index (χ3n) is 5.25. The second kappa shape index (κ2) is 7.00. The molecule has 0 saturated heterocycles. The van der Waals surface area contributed by atoms with Crippen molar-refractivity contribution in [3.63, 3.8) is 0 Å². The molecule has 3 heterocycles. The van der Waals surface area contributed by atoms with Gasteiger partial charge in [0, 0.05) is 47.5 Å². The summed E-state index contributed by atoms with van der Waals surface area (Å²) >= 11 is 5.98. The van der Waals surface area contributed by atoms with Crippen LogP contribution in [0.4, 0.5) is 0 Å². The first kappa shape index (κ1) is 18.4. The molecule has 0 atom stereocenters. The summed E-state index contributed by atoms with van der Waals surface area (Å²) in [4.78, 5) is 20.6. The lowest BCUT2D eigenvalue weighted by atomic mass is 9.98. The van der Waals surface area contributed by atoms with Crippen LogP contribution in [0.1, 0.15) is 5.69 Å². The molecule has 7 heteroatoms. The number of hydrogen-bond acceptors (Lipinski definition) is 3. The van der Waals surface area contributed by atoms with Gasteiger partial charge in [-0.1, -0.05) is 35.9 Å². The van der Waals surface area contributed by atoms with Gasteiger partial charge in [-0.2, -0.15) is 9.78 Å². The molecule has 2 aromatic carbocycles. The lowest BCUT2D eigenvalue weighted by Gasteiger charge is -2.11. The maximum absolute atomic E-state index is 13.0. The van der Waals surface area contributed by atoms with Gasteiger partial charge in [0.2, 0.25) is 0 Å². The average Bonchev–Trinajstić information content (AvgIpc) is 3.32. The molecule has 0 aliphatic carbocycles. The number of rotatable bonds is 3. The van der Waals surface area contributed by atoms with Gasteiger partial charge in [0.05, 0.1) is 11.3 Å². The maximum atomic E-state index is 13.0. The minimum Gasteiger partial charge on any atom is -0.364 e. The van der Waals surface area contributed by atoms with Gasteiger partial charge in [-0.25, -0.2) is 4.98 Å². The van der Waals surface area contributed by atoms with Crippen LogP contribution < -0.4 is 5.56 Å². The predicted molar refractivity (Wildman–Crippen MR) is 118 cm³/mol. The lowest BCUT2D eigenvalue weighted by molar-refractivity contribution is 0.858. The molecule has 0 unspecified atom stereocenters. The maximum Gasteiger partial charge on any atom is 0.282 e. The zero-order chi connectivity index (χ0) is 20.8. The number of hydrogen-bond donors (Lipinski definition) is 1. The van der Waals surface area contributed by atoms with Crippen molar-refractivity contribution in [2.45, 2.75) is 6.92 Å². The summed E-state index contributed by atoms with van der Waals surface area (Å²) in [7, 11) is 1.97. The van der Waals surface area contributed by atoms with E-state index in [4.69, 9.17) is 11.6 Å². The Hall–Kier alpha value is -3.64. The first-order valence-electron chi connectivity index (χ1n) is 9.48. The summed E-state index contributed by atoms with van der Waals surface area (Å²) in [5.74, 6) is 0.900. The van der Waals surface area contributed by atoms with Gasteiger partial charge in [0.25, 0.3) is 5.56 Å². The monoisotopic (exact) mass is 415 g/mol. The number of aromatic nitrogens is 5. The quantitative estimate of drug-likeness (QED) is 0.464. The Morgan fingerprint density at radius 2 is 1.70 bits per heavy atom. The van der Waals surface area contributed by atoms with Crippen molar-refractivity contribution in [2.75, 3.05) is 0 Å². The van der Waals surface area contributed by atoms with Crippen LogP contribution in [0.3, 0.4) is 0 Å². The van der Waals surface area contributed by atoms with Crippen LogP contribution in [0.5, 0.6) is 0 Å². The van der Waals surface area contributed by atoms with Crippen molar-refractivity contribution in [1.29, 1.82) is 0 Å². The van der Waals surface area contributed by atoms with Crippen molar-refractivity contribution in [3.8, 4) is 39.5 Å². The predicted octanol–water partition coefficient (Wildman–Crippen LogP) is 4.69. The molecule has 0 fully saturated rings. The molecule has 5 rings (SSSR count). The van der Waals surface area contributed by atoms with E-state index in [2.05, 4.69) is 15.1 Å². The summed E-state index contributed by atoms with van der Waals surface area (Å²) in [5, 5.41) is 5.27. The van der Waals surface area contributed by atoms with Crippen molar-refractivity contribution in [3.05, 3.63) is 88.2 Å². The number of fused-ring (bicyclic) bond motifs is 1. The summed E-state index contributed by atoms with van der Waals surface area (Å²) in [5.41, 5.74) is 5.56. The SMILES string of the molecule is Cc1[nH]cc2c(=O)n(-c3ccc(Cl)cc3)nc-2c1-c1ccc(-c2nccn2C)cc1. The van der Waals surface area contributed by atoms with Gasteiger partial charge < -0.3 is 9.55 Å². The largest absolute Gasteiger partial charge is 0.364 e. The van der Waals surface area contributed by atoms with Gasteiger partial charge in [-0.15, -0.1) is 0 Å². The highest BCUT2D eigenvalue weighted by atomic mass is 35.5. The van der Waals surface area contributed by atoms with Crippen LogP contribution in [-0.4, -0.2) is 24.3 Å². The van der Waals surface area contributed by atoms with Crippen LogP contribution in [-0.2, 0) is 7.05 Å². The highest BCUT2D eigenvalue weighted by molar-refractivity contribution is 6.30. The minimum atomic E-state index is -0.172. The number of nitrogens with one attached hydrogen (secondary N) is 1. The van der Waals surface area contributed by atoms with E-state index >= 15 is 0 Å². The summed E-state index contributed by atoms with van der Waals surface area (Å²) in [6.07, 6.45) is 5.42. The summed E-state index contributed by atoms with van der Waals surface area (Å²) in [6.45, 7) is 1.98. The first-order chi connectivity index (χ1) is 14.5. The van der Waals surface area contributed by atoms with E-state index in [0.29, 0.717) is 22.0 Å². The second-order valence-electron chi connectivity index (χ2n) is 7.18. The standard InChI is InChI=1S/C23H18ClN5O/c1-14-20(15-3-5-16(6-4-15)22-25-11-12-28(22)2)21-19(13-26-14)23(30)29(27-21)18-9-7-17(24)8-10-18/h3-13,26H,1-2H3. The second-order valence-corrected chi connectivity index (χ2v) is 7.62. The fourth-order valence-electron chi connectivity index (χ4n) is 3.70. The van der Waals surface area contributed by atoms with E-state index in [1.54, 1.807) is 36.7 Å². The van der Waals surface area contributed by atoms with Gasteiger partial charge in [-0.3, -0.25) is 4.79 Å². The third kappa shape index (κ3) is 2.93. The molecular weight excluding hydrogens is 398 g/mol. The van der Waals surface area contributed by atoms with Crippen LogP contribution in [0.15, 0.2) is 71.9 Å². The summed E-state index contributed by atoms with van der Waals surface area (Å²) in [6, 6.07) is 15.2. The smallest absolute Gasteiger partial charge is 0.282 e. The van der Waals surface area contributed by atoms with E-state index in [0.717, 1.165) is 28.2 Å². The molecule has 2 aliphatic rings. The van der Waals surface area contributed by atoms with Crippen molar-refractivity contribution in [2.24, 2.45) is 7.05 Å². The first-order valence-corrected chi connectivity index (χ1v) is 9.86. The Balaban J connectivity index is 1.65. The van der Waals surface area contributed by atoms with E-state index in [9.17, 15) is 4.79 Å². The van der Waals surface area contributed by atoms with Crippen molar-refractivity contribution in [1.82, 2.24) is 24.3 Å². The zero-order valence-electron chi connectivity index (χ0n) is 16.4. The minimum absolute atomic E-state index is 0.172. The van der Waals surface area contributed by atoms with Crippen LogP contribution >= 0.6 is 11.6 Å². The number of aromatic amines is 1. The molecule has 0 saturated carbocycles. The van der Waals surface area contributed by atoms with Crippen LogP contribution in [0, 0.1) is 6.92 Å². The highest BCUT2D eigenvalue weighted by Crippen LogP contribution is 2.33. The number of nitrogens with zero attached hydrogens (tertiary/aromatic N) is 4.